The van der Waals surface area contributed by atoms with Gasteiger partial charge < -0.3 is 9.30 Å². The summed E-state index contributed by atoms with van der Waals surface area (Å²) in [6.07, 6.45) is 3.85. The molecule has 0 radical (unpaired) electrons. The molecule has 0 bridgehead atoms. The number of hydrogen-bond donors (Lipinski definition) is 0. The topological polar surface area (TPSA) is 48.5 Å². The molecular formula is C35H31N3O2S. The highest BCUT2D eigenvalue weighted by atomic mass is 32.1. The highest BCUT2D eigenvalue weighted by Crippen LogP contribution is 2.41. The van der Waals surface area contributed by atoms with Gasteiger partial charge in [0.25, 0.3) is 5.56 Å². The van der Waals surface area contributed by atoms with E-state index in [0.717, 1.165) is 57.3 Å². The maximum Gasteiger partial charge on any atom is 0.271 e. The number of methoxy groups -OCH3 is 1. The van der Waals surface area contributed by atoms with E-state index in [2.05, 4.69) is 92.1 Å². The second-order valence-corrected chi connectivity index (χ2v) is 11.9. The summed E-state index contributed by atoms with van der Waals surface area (Å²) in [4.78, 5) is 20.1. The average molecular weight is 558 g/mol. The number of nitrogens with zero attached hydrogens (tertiary/aromatic N) is 3. The summed E-state index contributed by atoms with van der Waals surface area (Å²) in [7, 11) is 1.67. The molecule has 0 saturated carbocycles. The van der Waals surface area contributed by atoms with Gasteiger partial charge in [-0.05, 0) is 92.3 Å². The maximum absolute atomic E-state index is 14.2. The Morgan fingerprint density at radius 3 is 2.46 bits per heavy atom. The third-order valence-corrected chi connectivity index (χ3v) is 9.34. The van der Waals surface area contributed by atoms with E-state index >= 15 is 0 Å². The van der Waals surface area contributed by atoms with Crippen molar-refractivity contribution in [3.63, 3.8) is 0 Å². The number of aromatic nitrogens is 2. The van der Waals surface area contributed by atoms with Gasteiger partial charge in [0.2, 0.25) is 0 Å². The third-order valence-electron chi connectivity index (χ3n) is 8.35. The molecule has 3 heterocycles. The molecule has 41 heavy (non-hydrogen) atoms. The van der Waals surface area contributed by atoms with Crippen LogP contribution in [-0.4, -0.2) is 16.2 Å². The molecule has 5 aromatic rings. The van der Waals surface area contributed by atoms with Gasteiger partial charge in [0.05, 0.1) is 23.4 Å². The van der Waals surface area contributed by atoms with Crippen molar-refractivity contribution < 1.29 is 4.74 Å². The minimum absolute atomic E-state index is 0.000107. The smallest absolute Gasteiger partial charge is 0.271 e. The van der Waals surface area contributed by atoms with Crippen LogP contribution in [0, 0.1) is 20.8 Å². The lowest BCUT2D eigenvalue weighted by molar-refractivity contribution is 0.414. The second-order valence-electron chi connectivity index (χ2n) is 10.9. The lowest BCUT2D eigenvalue weighted by Crippen LogP contribution is -2.38. The van der Waals surface area contributed by atoms with Crippen molar-refractivity contribution in [1.82, 2.24) is 9.13 Å². The monoisotopic (exact) mass is 557 g/mol. The Hall–Kier alpha value is -4.42. The predicted octanol–water partition coefficient (Wildman–Crippen LogP) is 6.04. The number of aryl methyl sites for hydroxylation is 3. The number of ether oxygens (including phenoxy) is 1. The molecule has 0 unspecified atom stereocenters. The quantitative estimate of drug-likeness (QED) is 0.270. The Balaban J connectivity index is 1.42. The Morgan fingerprint density at radius 2 is 1.71 bits per heavy atom. The first-order valence-electron chi connectivity index (χ1n) is 14.0. The van der Waals surface area contributed by atoms with E-state index in [0.29, 0.717) is 4.53 Å². The fourth-order valence-corrected chi connectivity index (χ4v) is 7.27. The zero-order valence-electron chi connectivity index (χ0n) is 23.6. The molecule has 204 valence electrons. The van der Waals surface area contributed by atoms with Crippen LogP contribution < -0.4 is 19.6 Å². The normalized spacial score (nSPS) is 16.2. The summed E-state index contributed by atoms with van der Waals surface area (Å²) >= 11 is 1.47. The predicted molar refractivity (Wildman–Crippen MR) is 166 cm³/mol. The second kappa shape index (κ2) is 9.89. The summed E-state index contributed by atoms with van der Waals surface area (Å²) in [5.74, 6) is 0.799. The van der Waals surface area contributed by atoms with Crippen molar-refractivity contribution in [1.29, 1.82) is 0 Å². The van der Waals surface area contributed by atoms with Gasteiger partial charge in [-0.1, -0.05) is 65.4 Å². The number of benzene rings is 3. The van der Waals surface area contributed by atoms with Crippen molar-refractivity contribution in [2.45, 2.75) is 39.7 Å². The molecule has 2 aromatic heterocycles. The Labute approximate surface area is 243 Å². The summed E-state index contributed by atoms with van der Waals surface area (Å²) in [5.41, 5.74) is 11.4. The highest BCUT2D eigenvalue weighted by Gasteiger charge is 2.32. The van der Waals surface area contributed by atoms with E-state index in [1.165, 1.54) is 33.6 Å². The SMILES string of the molecule is COc1ccc([C@H]2C3=C(N=c4s/c(=C/c5cc(C)n(-c6ccc(C)cc6)c5C)c(=O)n42)c2ccccc2CC3)cc1. The number of thiazole rings is 1. The van der Waals surface area contributed by atoms with Gasteiger partial charge in [-0.25, -0.2) is 4.99 Å². The average Bonchev–Trinajstić information content (AvgIpc) is 3.46. The molecule has 1 atom stereocenters. The van der Waals surface area contributed by atoms with Crippen molar-refractivity contribution in [3.05, 3.63) is 143 Å². The van der Waals surface area contributed by atoms with Crippen LogP contribution in [0.2, 0.25) is 0 Å². The molecule has 0 amide bonds. The van der Waals surface area contributed by atoms with Crippen molar-refractivity contribution in [3.8, 4) is 11.4 Å². The first kappa shape index (κ1) is 25.5. The van der Waals surface area contributed by atoms with E-state index in [-0.39, 0.29) is 11.6 Å². The highest BCUT2D eigenvalue weighted by molar-refractivity contribution is 7.07. The standard InChI is InChI=1S/C35H31N3O2S/c1-21-9-14-27(15-10-21)37-22(2)19-26(23(37)3)20-31-34(39)38-33(25-11-16-28(40-4)17-12-25)30-18-13-24-7-5-6-8-29(24)32(30)36-35(38)41-31/h5-12,14-17,19-20,33H,13,18H2,1-4H3/b31-20+/t33-/m0/s1. The van der Waals surface area contributed by atoms with Gasteiger partial charge >= 0.3 is 0 Å². The maximum atomic E-state index is 14.2. The van der Waals surface area contributed by atoms with E-state index in [1.54, 1.807) is 7.11 Å². The third kappa shape index (κ3) is 4.21. The molecule has 5 nitrogen and oxygen atoms in total. The van der Waals surface area contributed by atoms with Crippen molar-refractivity contribution >= 4 is 23.1 Å². The lowest BCUT2D eigenvalue weighted by Gasteiger charge is -2.30. The molecule has 0 N–H and O–H groups in total. The molecule has 3 aromatic carbocycles. The van der Waals surface area contributed by atoms with Crippen LogP contribution in [0.1, 0.15) is 51.7 Å². The Morgan fingerprint density at radius 1 is 0.951 bits per heavy atom. The molecule has 6 heteroatoms. The number of fused-ring (bicyclic) bond motifs is 3. The van der Waals surface area contributed by atoms with Crippen LogP contribution in [0.15, 0.2) is 94.2 Å². The molecular weight excluding hydrogens is 526 g/mol. The molecule has 0 spiro atoms. The van der Waals surface area contributed by atoms with Crippen LogP contribution in [0.3, 0.4) is 0 Å². The summed E-state index contributed by atoms with van der Waals surface area (Å²) < 4.78 is 10.3. The molecule has 7 rings (SSSR count). The zero-order chi connectivity index (χ0) is 28.2. The van der Waals surface area contributed by atoms with Crippen LogP contribution in [-0.2, 0) is 6.42 Å². The van der Waals surface area contributed by atoms with E-state index < -0.39 is 0 Å². The van der Waals surface area contributed by atoms with Crippen molar-refractivity contribution in [2.24, 2.45) is 4.99 Å². The molecule has 1 aliphatic heterocycles. The van der Waals surface area contributed by atoms with Gasteiger partial charge in [0, 0.05) is 22.6 Å². The molecule has 0 saturated heterocycles. The van der Waals surface area contributed by atoms with Gasteiger partial charge in [0.15, 0.2) is 4.80 Å². The largest absolute Gasteiger partial charge is 0.497 e. The van der Waals surface area contributed by atoms with Crippen LogP contribution in [0.25, 0.3) is 17.5 Å². The van der Waals surface area contributed by atoms with Crippen LogP contribution in [0.4, 0.5) is 0 Å². The first-order valence-corrected chi connectivity index (χ1v) is 14.8. The Kier molecular flexibility index (Phi) is 6.16. The van der Waals surface area contributed by atoms with Gasteiger partial charge in [-0.15, -0.1) is 0 Å². The summed E-state index contributed by atoms with van der Waals surface area (Å²) in [6, 6.07) is 27.1. The van der Waals surface area contributed by atoms with E-state index in [9.17, 15) is 4.79 Å². The van der Waals surface area contributed by atoms with E-state index in [4.69, 9.17) is 9.73 Å². The van der Waals surface area contributed by atoms with Crippen LogP contribution >= 0.6 is 11.3 Å². The number of rotatable bonds is 4. The zero-order valence-corrected chi connectivity index (χ0v) is 24.5. The molecule has 0 fully saturated rings. The fourth-order valence-electron chi connectivity index (χ4n) is 6.27. The van der Waals surface area contributed by atoms with Gasteiger partial charge in [-0.2, -0.15) is 0 Å². The molecule has 2 aliphatic rings. The van der Waals surface area contributed by atoms with Crippen molar-refractivity contribution in [2.75, 3.05) is 7.11 Å². The first-order chi connectivity index (χ1) is 19.9. The van der Waals surface area contributed by atoms with Gasteiger partial charge in [-0.3, -0.25) is 9.36 Å². The summed E-state index contributed by atoms with van der Waals surface area (Å²) in [6.45, 7) is 6.33. The minimum Gasteiger partial charge on any atom is -0.497 e. The lowest BCUT2D eigenvalue weighted by atomic mass is 9.83. The van der Waals surface area contributed by atoms with Gasteiger partial charge in [0.1, 0.15) is 5.75 Å². The summed E-state index contributed by atoms with van der Waals surface area (Å²) in [5, 5.41) is 0. The fraction of sp³-hybridized carbons (Fsp3) is 0.200. The minimum atomic E-state index is -0.206. The number of hydrogen-bond acceptors (Lipinski definition) is 4. The van der Waals surface area contributed by atoms with E-state index in [1.807, 2.05) is 22.8 Å². The molecule has 1 aliphatic carbocycles. The number of allylic oxidation sites excluding steroid dienone is 1. The van der Waals surface area contributed by atoms with Crippen LogP contribution in [0.5, 0.6) is 5.75 Å². The Bertz CT molecular complexity index is 2020.